The molecule has 0 spiro atoms. The topological polar surface area (TPSA) is 0 Å². The van der Waals surface area contributed by atoms with Crippen LogP contribution in [-0.4, -0.2) is 0 Å². The summed E-state index contributed by atoms with van der Waals surface area (Å²) < 4.78 is 1.22. The van der Waals surface area contributed by atoms with Crippen molar-refractivity contribution in [3.05, 3.63) is 39.4 Å². The smallest absolute Gasteiger partial charge is 0.0181 e. The summed E-state index contributed by atoms with van der Waals surface area (Å²) in [5.74, 6) is 0.804. The molecule has 96 valence electrons. The highest BCUT2D eigenvalue weighted by Crippen LogP contribution is 2.37. The van der Waals surface area contributed by atoms with E-state index in [0.29, 0.717) is 0 Å². The van der Waals surface area contributed by atoms with E-state index in [0.717, 1.165) is 5.92 Å². The van der Waals surface area contributed by atoms with Gasteiger partial charge in [-0.3, -0.25) is 0 Å². The van der Waals surface area contributed by atoms with Crippen LogP contribution >= 0.6 is 15.9 Å². The van der Waals surface area contributed by atoms with E-state index < -0.39 is 0 Å². The average Bonchev–Trinajstić information content (AvgIpc) is 2.35. The quantitative estimate of drug-likeness (QED) is 0.622. The van der Waals surface area contributed by atoms with Crippen LogP contribution in [0.1, 0.15) is 68.4 Å². The van der Waals surface area contributed by atoms with Gasteiger partial charge in [0.2, 0.25) is 0 Å². The van der Waals surface area contributed by atoms with Crippen molar-refractivity contribution in [3.63, 3.8) is 0 Å². The molecule has 0 aliphatic heterocycles. The van der Waals surface area contributed by atoms with E-state index in [-0.39, 0.29) is 0 Å². The molecular formula is C17H21Br. The lowest BCUT2D eigenvalue weighted by Gasteiger charge is -2.25. The standard InChI is InChI=1S/C17H21Br/c18-16-9-10-17(14-7-2-1-3-8-14)15(12-16)11-13-5-4-6-13/h9-12,14H,1-8H2. The minimum absolute atomic E-state index is 0.804. The lowest BCUT2D eigenvalue weighted by atomic mass is 9.81. The molecule has 0 amide bonds. The molecule has 0 bridgehead atoms. The molecule has 0 heterocycles. The molecule has 0 radical (unpaired) electrons. The summed E-state index contributed by atoms with van der Waals surface area (Å²) in [5, 5.41) is 0. The summed E-state index contributed by atoms with van der Waals surface area (Å²) in [6.07, 6.45) is 13.5. The first-order valence-electron chi connectivity index (χ1n) is 7.32. The number of halogens is 1. The molecule has 2 fully saturated rings. The molecule has 0 N–H and O–H groups in total. The van der Waals surface area contributed by atoms with Crippen LogP contribution in [0.3, 0.4) is 0 Å². The first-order chi connectivity index (χ1) is 8.83. The lowest BCUT2D eigenvalue weighted by Crippen LogP contribution is -2.06. The Morgan fingerprint density at radius 3 is 2.44 bits per heavy atom. The molecule has 0 aromatic heterocycles. The first-order valence-corrected chi connectivity index (χ1v) is 8.11. The molecule has 2 aliphatic carbocycles. The predicted molar refractivity (Wildman–Crippen MR) is 81.8 cm³/mol. The van der Waals surface area contributed by atoms with Gasteiger partial charge in [0.25, 0.3) is 0 Å². The molecule has 18 heavy (non-hydrogen) atoms. The number of rotatable bonds is 2. The van der Waals surface area contributed by atoms with Crippen molar-refractivity contribution in [2.75, 3.05) is 0 Å². The fraction of sp³-hybridized carbons (Fsp3) is 0.529. The fourth-order valence-electron chi connectivity index (χ4n) is 3.20. The number of hydrogen-bond donors (Lipinski definition) is 0. The maximum Gasteiger partial charge on any atom is 0.0181 e. The van der Waals surface area contributed by atoms with E-state index in [4.69, 9.17) is 0 Å². The van der Waals surface area contributed by atoms with Crippen LogP contribution < -0.4 is 0 Å². The van der Waals surface area contributed by atoms with Gasteiger partial charge in [-0.05, 0) is 61.3 Å². The largest absolute Gasteiger partial charge is 0.0696 e. The molecule has 0 atom stereocenters. The SMILES string of the molecule is Brc1ccc(C2CCCCC2)c(C=C2CCC2)c1. The van der Waals surface area contributed by atoms with Gasteiger partial charge in [-0.15, -0.1) is 0 Å². The summed E-state index contributed by atoms with van der Waals surface area (Å²) in [7, 11) is 0. The molecule has 0 nitrogen and oxygen atoms in total. The van der Waals surface area contributed by atoms with E-state index in [1.165, 1.54) is 61.4 Å². The van der Waals surface area contributed by atoms with Gasteiger partial charge in [0.15, 0.2) is 0 Å². The van der Waals surface area contributed by atoms with Gasteiger partial charge < -0.3 is 0 Å². The Hall–Kier alpha value is -0.560. The lowest BCUT2D eigenvalue weighted by molar-refractivity contribution is 0.443. The van der Waals surface area contributed by atoms with Gasteiger partial charge in [0.05, 0.1) is 0 Å². The zero-order valence-electron chi connectivity index (χ0n) is 10.9. The minimum atomic E-state index is 0.804. The van der Waals surface area contributed by atoms with Gasteiger partial charge >= 0.3 is 0 Å². The number of benzene rings is 1. The Morgan fingerprint density at radius 1 is 1.00 bits per heavy atom. The highest BCUT2D eigenvalue weighted by atomic mass is 79.9. The van der Waals surface area contributed by atoms with E-state index in [1.54, 1.807) is 11.1 Å². The van der Waals surface area contributed by atoms with Gasteiger partial charge in [-0.2, -0.15) is 0 Å². The Balaban J connectivity index is 1.91. The summed E-state index contributed by atoms with van der Waals surface area (Å²) >= 11 is 3.62. The normalized spacial score (nSPS) is 20.6. The van der Waals surface area contributed by atoms with Crippen molar-refractivity contribution < 1.29 is 0 Å². The summed E-state index contributed by atoms with van der Waals surface area (Å²) in [6, 6.07) is 6.88. The van der Waals surface area contributed by atoms with Gasteiger partial charge in [-0.1, -0.05) is 52.9 Å². The third-order valence-corrected chi connectivity index (χ3v) is 4.94. The van der Waals surface area contributed by atoms with E-state index in [1.807, 2.05) is 0 Å². The van der Waals surface area contributed by atoms with Crippen LogP contribution in [0.5, 0.6) is 0 Å². The third kappa shape index (κ3) is 2.71. The predicted octanol–water partition coefficient (Wildman–Crippen LogP) is 6.06. The van der Waals surface area contributed by atoms with Crippen molar-refractivity contribution in [1.29, 1.82) is 0 Å². The Kier molecular flexibility index (Phi) is 3.88. The fourth-order valence-corrected chi connectivity index (χ4v) is 3.58. The van der Waals surface area contributed by atoms with E-state index in [2.05, 4.69) is 40.2 Å². The molecule has 1 heteroatoms. The average molecular weight is 305 g/mol. The number of allylic oxidation sites excluding steroid dienone is 1. The Bertz CT molecular complexity index is 447. The monoisotopic (exact) mass is 304 g/mol. The maximum atomic E-state index is 3.62. The molecule has 1 aromatic rings. The summed E-state index contributed by atoms with van der Waals surface area (Å²) in [5.41, 5.74) is 4.72. The molecule has 0 saturated heterocycles. The second-order valence-electron chi connectivity index (χ2n) is 5.76. The summed E-state index contributed by atoms with van der Waals surface area (Å²) in [4.78, 5) is 0. The highest BCUT2D eigenvalue weighted by molar-refractivity contribution is 9.10. The second kappa shape index (κ2) is 5.61. The highest BCUT2D eigenvalue weighted by Gasteiger charge is 2.18. The van der Waals surface area contributed by atoms with E-state index in [9.17, 15) is 0 Å². The zero-order chi connectivity index (χ0) is 12.4. The van der Waals surface area contributed by atoms with Crippen molar-refractivity contribution in [1.82, 2.24) is 0 Å². The molecule has 1 aromatic carbocycles. The van der Waals surface area contributed by atoms with Crippen LogP contribution in [0, 0.1) is 0 Å². The molecule has 3 rings (SSSR count). The van der Waals surface area contributed by atoms with Crippen LogP contribution in [0.2, 0.25) is 0 Å². The molecular weight excluding hydrogens is 284 g/mol. The zero-order valence-corrected chi connectivity index (χ0v) is 12.5. The van der Waals surface area contributed by atoms with Gasteiger partial charge in [0.1, 0.15) is 0 Å². The first kappa shape index (κ1) is 12.5. The van der Waals surface area contributed by atoms with Gasteiger partial charge in [0, 0.05) is 4.47 Å². The Labute approximate surface area is 119 Å². The van der Waals surface area contributed by atoms with Crippen LogP contribution in [-0.2, 0) is 0 Å². The number of hydrogen-bond acceptors (Lipinski definition) is 0. The minimum Gasteiger partial charge on any atom is -0.0696 e. The Morgan fingerprint density at radius 2 is 1.78 bits per heavy atom. The molecule has 2 saturated carbocycles. The molecule has 0 unspecified atom stereocenters. The van der Waals surface area contributed by atoms with Crippen molar-refractivity contribution in [3.8, 4) is 0 Å². The van der Waals surface area contributed by atoms with Crippen molar-refractivity contribution in [2.45, 2.75) is 57.3 Å². The summed E-state index contributed by atoms with van der Waals surface area (Å²) in [6.45, 7) is 0. The van der Waals surface area contributed by atoms with Gasteiger partial charge in [-0.25, -0.2) is 0 Å². The van der Waals surface area contributed by atoms with Crippen molar-refractivity contribution in [2.24, 2.45) is 0 Å². The van der Waals surface area contributed by atoms with E-state index >= 15 is 0 Å². The van der Waals surface area contributed by atoms with Crippen LogP contribution in [0.4, 0.5) is 0 Å². The molecule has 2 aliphatic rings. The van der Waals surface area contributed by atoms with Crippen LogP contribution in [0.15, 0.2) is 28.2 Å². The van der Waals surface area contributed by atoms with Crippen LogP contribution in [0.25, 0.3) is 6.08 Å². The second-order valence-corrected chi connectivity index (χ2v) is 6.68. The maximum absolute atomic E-state index is 3.62. The third-order valence-electron chi connectivity index (χ3n) is 4.45. The van der Waals surface area contributed by atoms with Crippen molar-refractivity contribution >= 4 is 22.0 Å².